The van der Waals surface area contributed by atoms with Gasteiger partial charge in [-0.3, -0.25) is 19.4 Å². The van der Waals surface area contributed by atoms with Crippen molar-refractivity contribution in [3.8, 4) is 0 Å². The van der Waals surface area contributed by atoms with Crippen LogP contribution in [-0.2, 0) is 25.6 Å². The first-order chi connectivity index (χ1) is 15.5. The number of nitrogens with two attached hydrogens (primary N) is 3. The molecule has 0 aliphatic carbocycles. The third-order valence-corrected chi connectivity index (χ3v) is 4.44. The normalized spacial score (nSPS) is 14.3. The number of aromatic amines is 1. The predicted molar refractivity (Wildman–Crippen MR) is 116 cm³/mol. The van der Waals surface area contributed by atoms with Crippen molar-refractivity contribution < 1.29 is 29.4 Å². The van der Waals surface area contributed by atoms with Crippen molar-refractivity contribution in [1.82, 2.24) is 25.9 Å². The van der Waals surface area contributed by atoms with Crippen molar-refractivity contribution in [2.45, 2.75) is 50.4 Å². The Morgan fingerprint density at radius 2 is 1.82 bits per heavy atom. The molecule has 0 bridgehead atoms. The zero-order chi connectivity index (χ0) is 25.0. The van der Waals surface area contributed by atoms with Gasteiger partial charge in [-0.05, 0) is 19.8 Å². The van der Waals surface area contributed by atoms with Gasteiger partial charge in [0, 0.05) is 24.9 Å². The third kappa shape index (κ3) is 9.96. The largest absolute Gasteiger partial charge is 0.480 e. The van der Waals surface area contributed by atoms with Crippen molar-refractivity contribution in [1.29, 1.82) is 0 Å². The Kier molecular flexibility index (Phi) is 11.3. The van der Waals surface area contributed by atoms with Crippen LogP contribution in [0.2, 0.25) is 0 Å². The van der Waals surface area contributed by atoms with Gasteiger partial charge in [-0.15, -0.1) is 0 Å². The number of carboxylic acid groups (broad SMARTS) is 1. The zero-order valence-electron chi connectivity index (χ0n) is 18.2. The lowest BCUT2D eigenvalue weighted by molar-refractivity contribution is -0.142. The molecule has 0 aliphatic rings. The Hall–Kier alpha value is -3.72. The van der Waals surface area contributed by atoms with Crippen LogP contribution in [0.3, 0.4) is 0 Å². The summed E-state index contributed by atoms with van der Waals surface area (Å²) in [5.41, 5.74) is 16.2. The average Bonchev–Trinajstić information content (AvgIpc) is 3.25. The molecule has 1 heterocycles. The monoisotopic (exact) mass is 469 g/mol. The van der Waals surface area contributed by atoms with E-state index in [4.69, 9.17) is 17.2 Å². The summed E-state index contributed by atoms with van der Waals surface area (Å²) in [5.74, 6) is -3.75. The Bertz CT molecular complexity index is 823. The van der Waals surface area contributed by atoms with Gasteiger partial charge in [0.2, 0.25) is 17.7 Å². The van der Waals surface area contributed by atoms with Gasteiger partial charge in [-0.1, -0.05) is 0 Å². The maximum Gasteiger partial charge on any atom is 0.326 e. The Morgan fingerprint density at radius 3 is 2.33 bits per heavy atom. The highest BCUT2D eigenvalue weighted by atomic mass is 16.4. The number of nitrogens with zero attached hydrogens (tertiary/aromatic N) is 2. The molecule has 15 heteroatoms. The van der Waals surface area contributed by atoms with E-state index < -0.39 is 54.5 Å². The second-order valence-corrected chi connectivity index (χ2v) is 7.18. The molecule has 15 nitrogen and oxygen atoms in total. The van der Waals surface area contributed by atoms with Crippen LogP contribution >= 0.6 is 0 Å². The second kappa shape index (κ2) is 13.6. The van der Waals surface area contributed by atoms with Gasteiger partial charge in [0.05, 0.1) is 19.0 Å². The molecule has 12 N–H and O–H groups in total. The van der Waals surface area contributed by atoms with Crippen LogP contribution in [0.5, 0.6) is 0 Å². The van der Waals surface area contributed by atoms with E-state index in [0.717, 1.165) is 0 Å². The molecule has 0 fully saturated rings. The Balaban J connectivity index is 2.95. The number of imidazole rings is 1. The quantitative estimate of drug-likeness (QED) is 0.0721. The number of aliphatic carboxylic acids is 1. The molecule has 0 radical (unpaired) electrons. The molecule has 0 aliphatic heterocycles. The molecule has 4 atom stereocenters. The summed E-state index contributed by atoms with van der Waals surface area (Å²) < 4.78 is 0. The average molecular weight is 470 g/mol. The first kappa shape index (κ1) is 27.3. The topological polar surface area (TPSA) is 264 Å². The van der Waals surface area contributed by atoms with E-state index >= 15 is 0 Å². The molecule has 184 valence electrons. The summed E-state index contributed by atoms with van der Waals surface area (Å²) in [6.45, 7) is 1.05. The number of guanidine groups is 1. The highest BCUT2D eigenvalue weighted by molar-refractivity contribution is 5.94. The molecule has 1 aromatic heterocycles. The van der Waals surface area contributed by atoms with Crippen molar-refractivity contribution >= 4 is 29.7 Å². The summed E-state index contributed by atoms with van der Waals surface area (Å²) in [4.78, 5) is 59.1. The summed E-state index contributed by atoms with van der Waals surface area (Å²) in [6.07, 6.45) is 1.76. The van der Waals surface area contributed by atoms with Crippen molar-refractivity contribution in [3.05, 3.63) is 18.2 Å². The minimum Gasteiger partial charge on any atom is -0.480 e. The number of H-pyrrole nitrogens is 1. The van der Waals surface area contributed by atoms with Crippen LogP contribution in [0.1, 0.15) is 25.5 Å². The van der Waals surface area contributed by atoms with E-state index in [1.807, 2.05) is 0 Å². The maximum absolute atomic E-state index is 12.9. The van der Waals surface area contributed by atoms with Crippen molar-refractivity contribution in [2.75, 3.05) is 13.1 Å². The van der Waals surface area contributed by atoms with Gasteiger partial charge in [0.1, 0.15) is 18.1 Å². The molecule has 4 unspecified atom stereocenters. The highest BCUT2D eigenvalue weighted by Crippen LogP contribution is 2.04. The number of aromatic nitrogens is 2. The number of carbonyl (C=O) groups is 4. The van der Waals surface area contributed by atoms with Crippen LogP contribution < -0.4 is 33.2 Å². The van der Waals surface area contributed by atoms with E-state index in [1.165, 1.54) is 19.4 Å². The first-order valence-electron chi connectivity index (χ1n) is 10.1. The third-order valence-electron chi connectivity index (χ3n) is 4.44. The molecule has 3 amide bonds. The zero-order valence-corrected chi connectivity index (χ0v) is 18.2. The number of carboxylic acids is 1. The Labute approximate surface area is 189 Å². The summed E-state index contributed by atoms with van der Waals surface area (Å²) in [5, 5.41) is 26.4. The van der Waals surface area contributed by atoms with Crippen LogP contribution in [0, 0.1) is 0 Å². The number of rotatable bonds is 14. The number of aliphatic imine (C=N–C) groups is 1. The molecule has 33 heavy (non-hydrogen) atoms. The van der Waals surface area contributed by atoms with E-state index in [9.17, 15) is 29.4 Å². The molecule has 0 spiro atoms. The van der Waals surface area contributed by atoms with Gasteiger partial charge < -0.3 is 48.3 Å². The molecule has 0 aromatic carbocycles. The number of carbonyl (C=O) groups excluding carboxylic acids is 3. The molecular formula is C18H31N9O6. The van der Waals surface area contributed by atoms with Gasteiger partial charge in [0.15, 0.2) is 5.96 Å². The fraction of sp³-hybridized carbons (Fsp3) is 0.556. The van der Waals surface area contributed by atoms with E-state index in [-0.39, 0.29) is 31.8 Å². The number of aliphatic hydroxyl groups is 1. The summed E-state index contributed by atoms with van der Waals surface area (Å²) >= 11 is 0. The lowest BCUT2D eigenvalue weighted by Gasteiger charge is -2.25. The van der Waals surface area contributed by atoms with Gasteiger partial charge in [-0.2, -0.15) is 0 Å². The van der Waals surface area contributed by atoms with Gasteiger partial charge in [-0.25, -0.2) is 9.78 Å². The molecular weight excluding hydrogens is 438 g/mol. The highest BCUT2D eigenvalue weighted by Gasteiger charge is 2.31. The first-order valence-corrected chi connectivity index (χ1v) is 10.1. The lowest BCUT2D eigenvalue weighted by atomic mass is 10.1. The smallest absolute Gasteiger partial charge is 0.326 e. The number of aliphatic hydroxyl groups excluding tert-OH is 1. The molecule has 1 aromatic rings. The van der Waals surface area contributed by atoms with Crippen LogP contribution in [0.25, 0.3) is 0 Å². The Morgan fingerprint density at radius 1 is 1.15 bits per heavy atom. The van der Waals surface area contributed by atoms with E-state index in [2.05, 4.69) is 30.9 Å². The second-order valence-electron chi connectivity index (χ2n) is 7.18. The number of nitrogens with one attached hydrogen (secondary N) is 4. The van der Waals surface area contributed by atoms with Gasteiger partial charge in [0.25, 0.3) is 0 Å². The van der Waals surface area contributed by atoms with Crippen molar-refractivity contribution in [2.24, 2.45) is 22.2 Å². The van der Waals surface area contributed by atoms with Crippen LogP contribution in [0.4, 0.5) is 0 Å². The van der Waals surface area contributed by atoms with E-state index in [1.54, 1.807) is 0 Å². The maximum atomic E-state index is 12.9. The summed E-state index contributed by atoms with van der Waals surface area (Å²) in [7, 11) is 0. The van der Waals surface area contributed by atoms with Crippen molar-refractivity contribution in [3.63, 3.8) is 0 Å². The lowest BCUT2D eigenvalue weighted by Crippen LogP contribution is -2.59. The van der Waals surface area contributed by atoms with Crippen LogP contribution in [0.15, 0.2) is 17.5 Å². The SMILES string of the molecule is CC(O)C(NC(=O)CN)C(=O)NC(Cc1cnc[nH]1)C(=O)NC(CCCN=C(N)N)C(=O)O. The summed E-state index contributed by atoms with van der Waals surface area (Å²) in [6, 6.07) is -3.89. The predicted octanol–water partition coefficient (Wildman–Crippen LogP) is -4.12. The fourth-order valence-corrected chi connectivity index (χ4v) is 2.76. The molecule has 0 saturated carbocycles. The number of amides is 3. The standard InChI is InChI=1S/C18H31N9O6/c1-9(28)14(27-13(29)6-19)16(31)26-12(5-10-7-22-8-24-10)15(30)25-11(17(32)33)3-2-4-23-18(20)21/h7-9,11-12,14,28H,2-6,19H2,1H3,(H,22,24)(H,25,30)(H,26,31)(H,27,29)(H,32,33)(H4,20,21,23). The van der Waals surface area contributed by atoms with Crippen LogP contribution in [-0.4, -0.2) is 87.2 Å². The minimum atomic E-state index is -1.38. The van der Waals surface area contributed by atoms with E-state index in [0.29, 0.717) is 5.69 Å². The molecule has 1 rings (SSSR count). The fourth-order valence-electron chi connectivity index (χ4n) is 2.76. The minimum absolute atomic E-state index is 0.0332. The number of hydrogen-bond donors (Lipinski definition) is 9. The van der Waals surface area contributed by atoms with Gasteiger partial charge >= 0.3 is 5.97 Å². The number of hydrogen-bond acceptors (Lipinski definition) is 8. The molecule has 0 saturated heterocycles.